The maximum Gasteiger partial charge on any atom is 0.237 e. The Morgan fingerprint density at radius 2 is 2.39 bits per heavy atom. The van der Waals surface area contributed by atoms with Gasteiger partial charge in [0.15, 0.2) is 0 Å². The van der Waals surface area contributed by atoms with Crippen LogP contribution in [0, 0.1) is 5.82 Å². The minimum absolute atomic E-state index is 0.0139. The number of benzene rings is 1. The summed E-state index contributed by atoms with van der Waals surface area (Å²) in [7, 11) is 1.62. The number of amides is 1. The van der Waals surface area contributed by atoms with Gasteiger partial charge in [0.1, 0.15) is 5.82 Å². The Balaban J connectivity index is 2.16. The molecule has 0 spiro atoms. The lowest BCUT2D eigenvalue weighted by atomic mass is 10.1. The van der Waals surface area contributed by atoms with E-state index >= 15 is 0 Å². The van der Waals surface area contributed by atoms with Gasteiger partial charge in [-0.25, -0.2) is 4.39 Å². The third kappa shape index (κ3) is 2.65. The number of halogens is 2. The number of likely N-dealkylation sites (N-methyl/N-ethyl adjacent to an activating group) is 1. The predicted octanol–water partition coefficient (Wildman–Crippen LogP) is 2.19. The Bertz CT molecular complexity index is 432. The summed E-state index contributed by atoms with van der Waals surface area (Å²) in [5, 5.41) is 3.06. The molecule has 2 rings (SSSR count). The van der Waals surface area contributed by atoms with Crippen LogP contribution in [0.2, 0.25) is 5.02 Å². The van der Waals surface area contributed by atoms with Crippen LogP contribution < -0.4 is 5.32 Å². The number of likely N-dealkylation sites (tertiary alicyclic amines) is 1. The van der Waals surface area contributed by atoms with Gasteiger partial charge in [-0.2, -0.15) is 0 Å². The van der Waals surface area contributed by atoms with Gasteiger partial charge in [0.25, 0.3) is 0 Å². The molecule has 1 amide bonds. The van der Waals surface area contributed by atoms with Crippen LogP contribution in [-0.4, -0.2) is 30.4 Å². The highest BCUT2D eigenvalue weighted by Crippen LogP contribution is 2.25. The average molecular weight is 271 g/mol. The zero-order valence-electron chi connectivity index (χ0n) is 10.2. The average Bonchev–Trinajstić information content (AvgIpc) is 2.81. The maximum absolute atomic E-state index is 13.7. The van der Waals surface area contributed by atoms with Crippen molar-refractivity contribution in [3.8, 4) is 0 Å². The van der Waals surface area contributed by atoms with Gasteiger partial charge in [0.05, 0.1) is 6.04 Å². The SMILES string of the molecule is CNC(=O)C1CCCN1Cc1c(F)cccc1Cl. The molecule has 1 aromatic rings. The first-order valence-corrected chi connectivity index (χ1v) is 6.40. The third-order valence-corrected chi connectivity index (χ3v) is 3.69. The van der Waals surface area contributed by atoms with Crippen molar-refractivity contribution < 1.29 is 9.18 Å². The molecule has 5 heteroatoms. The Hall–Kier alpha value is -1.13. The molecule has 0 saturated carbocycles. The molecule has 1 aliphatic heterocycles. The molecule has 18 heavy (non-hydrogen) atoms. The minimum atomic E-state index is -0.315. The number of carbonyl (C=O) groups is 1. The van der Waals surface area contributed by atoms with E-state index in [9.17, 15) is 9.18 Å². The van der Waals surface area contributed by atoms with E-state index in [0.29, 0.717) is 17.1 Å². The highest BCUT2D eigenvalue weighted by Gasteiger charge is 2.30. The first-order chi connectivity index (χ1) is 8.63. The van der Waals surface area contributed by atoms with E-state index in [2.05, 4.69) is 5.32 Å². The molecule has 1 fully saturated rings. The number of hydrogen-bond acceptors (Lipinski definition) is 2. The van der Waals surface area contributed by atoms with Gasteiger partial charge >= 0.3 is 0 Å². The second-order valence-electron chi connectivity index (χ2n) is 4.44. The number of carbonyl (C=O) groups excluding carboxylic acids is 1. The zero-order valence-corrected chi connectivity index (χ0v) is 11.0. The highest BCUT2D eigenvalue weighted by atomic mass is 35.5. The van der Waals surface area contributed by atoms with E-state index in [1.165, 1.54) is 6.07 Å². The van der Waals surface area contributed by atoms with Crippen molar-refractivity contribution in [1.29, 1.82) is 0 Å². The van der Waals surface area contributed by atoms with Gasteiger partial charge in [-0.3, -0.25) is 9.69 Å². The summed E-state index contributed by atoms with van der Waals surface area (Å²) < 4.78 is 13.7. The second-order valence-corrected chi connectivity index (χ2v) is 4.85. The van der Waals surface area contributed by atoms with Crippen LogP contribution in [-0.2, 0) is 11.3 Å². The fraction of sp³-hybridized carbons (Fsp3) is 0.462. The third-order valence-electron chi connectivity index (χ3n) is 3.34. The van der Waals surface area contributed by atoms with E-state index in [0.717, 1.165) is 19.4 Å². The molecule has 1 heterocycles. The molecule has 1 N–H and O–H groups in total. The number of nitrogens with one attached hydrogen (secondary N) is 1. The lowest BCUT2D eigenvalue weighted by Gasteiger charge is -2.23. The number of nitrogens with zero attached hydrogens (tertiary/aromatic N) is 1. The Kier molecular flexibility index (Phi) is 4.19. The first kappa shape index (κ1) is 13.3. The Morgan fingerprint density at radius 3 is 3.06 bits per heavy atom. The van der Waals surface area contributed by atoms with Crippen LogP contribution in [0.5, 0.6) is 0 Å². The molecular formula is C13H16ClFN2O. The lowest BCUT2D eigenvalue weighted by molar-refractivity contribution is -0.125. The van der Waals surface area contributed by atoms with Crippen LogP contribution in [0.1, 0.15) is 18.4 Å². The first-order valence-electron chi connectivity index (χ1n) is 6.02. The minimum Gasteiger partial charge on any atom is -0.358 e. The van der Waals surface area contributed by atoms with Gasteiger partial charge in [-0.1, -0.05) is 17.7 Å². The van der Waals surface area contributed by atoms with Crippen molar-refractivity contribution in [3.05, 3.63) is 34.6 Å². The van der Waals surface area contributed by atoms with Crippen molar-refractivity contribution in [2.75, 3.05) is 13.6 Å². The topological polar surface area (TPSA) is 32.3 Å². The molecule has 3 nitrogen and oxygen atoms in total. The summed E-state index contributed by atoms with van der Waals surface area (Å²) in [6, 6.07) is 4.48. The summed E-state index contributed by atoms with van der Waals surface area (Å²) in [6.07, 6.45) is 1.76. The zero-order chi connectivity index (χ0) is 13.1. The van der Waals surface area contributed by atoms with Gasteiger partial charge < -0.3 is 5.32 Å². The van der Waals surface area contributed by atoms with Crippen LogP contribution in [0.3, 0.4) is 0 Å². The van der Waals surface area contributed by atoms with Gasteiger partial charge in [-0.05, 0) is 31.5 Å². The van der Waals surface area contributed by atoms with Crippen molar-refractivity contribution in [3.63, 3.8) is 0 Å². The molecule has 1 aliphatic rings. The van der Waals surface area contributed by atoms with E-state index in [1.54, 1.807) is 19.2 Å². The van der Waals surface area contributed by atoms with Crippen LogP contribution >= 0.6 is 11.6 Å². The van der Waals surface area contributed by atoms with Crippen LogP contribution in [0.25, 0.3) is 0 Å². The molecule has 1 aromatic carbocycles. The normalized spacial score (nSPS) is 20.1. The van der Waals surface area contributed by atoms with E-state index < -0.39 is 0 Å². The van der Waals surface area contributed by atoms with Crippen LogP contribution in [0.15, 0.2) is 18.2 Å². The second kappa shape index (κ2) is 5.67. The fourth-order valence-corrected chi connectivity index (χ4v) is 2.59. The van der Waals surface area contributed by atoms with Crippen molar-refractivity contribution in [2.24, 2.45) is 0 Å². The largest absolute Gasteiger partial charge is 0.358 e. The quantitative estimate of drug-likeness (QED) is 0.913. The highest BCUT2D eigenvalue weighted by molar-refractivity contribution is 6.31. The summed E-state index contributed by atoms with van der Waals surface area (Å²) in [6.45, 7) is 1.17. The monoisotopic (exact) mass is 270 g/mol. The van der Waals surface area contributed by atoms with Crippen molar-refractivity contribution in [2.45, 2.75) is 25.4 Å². The molecular weight excluding hydrogens is 255 g/mol. The summed E-state index contributed by atoms with van der Waals surface area (Å²) in [5.41, 5.74) is 0.468. The molecule has 0 radical (unpaired) electrons. The molecule has 0 aromatic heterocycles. The molecule has 1 unspecified atom stereocenters. The standard InChI is InChI=1S/C13H16ClFN2O/c1-16-13(18)12-6-3-7-17(12)8-9-10(14)4-2-5-11(9)15/h2,4-5,12H,3,6-8H2,1H3,(H,16,18). The van der Waals surface area contributed by atoms with Crippen LogP contribution in [0.4, 0.5) is 4.39 Å². The number of hydrogen-bond donors (Lipinski definition) is 1. The molecule has 0 aliphatic carbocycles. The van der Waals surface area contributed by atoms with Gasteiger partial charge in [-0.15, -0.1) is 0 Å². The maximum atomic E-state index is 13.7. The molecule has 98 valence electrons. The smallest absolute Gasteiger partial charge is 0.237 e. The summed E-state index contributed by atoms with van der Waals surface area (Å²) in [5.74, 6) is -0.329. The summed E-state index contributed by atoms with van der Waals surface area (Å²) in [4.78, 5) is 13.7. The molecule has 1 atom stereocenters. The van der Waals surface area contributed by atoms with E-state index in [-0.39, 0.29) is 17.8 Å². The Morgan fingerprint density at radius 1 is 1.61 bits per heavy atom. The van der Waals surface area contributed by atoms with E-state index in [4.69, 9.17) is 11.6 Å². The molecule has 1 saturated heterocycles. The van der Waals surface area contributed by atoms with Gasteiger partial charge in [0, 0.05) is 24.2 Å². The van der Waals surface area contributed by atoms with Crippen molar-refractivity contribution in [1.82, 2.24) is 10.2 Å². The lowest BCUT2D eigenvalue weighted by Crippen LogP contribution is -2.41. The van der Waals surface area contributed by atoms with Crippen molar-refractivity contribution >= 4 is 17.5 Å². The molecule has 0 bridgehead atoms. The van der Waals surface area contributed by atoms with Gasteiger partial charge in [0.2, 0.25) is 5.91 Å². The Labute approximate surface area is 111 Å². The number of rotatable bonds is 3. The predicted molar refractivity (Wildman–Crippen MR) is 68.9 cm³/mol. The van der Waals surface area contributed by atoms with E-state index in [1.807, 2.05) is 4.90 Å². The fourth-order valence-electron chi connectivity index (χ4n) is 2.37. The summed E-state index contributed by atoms with van der Waals surface area (Å²) >= 11 is 6.00.